The fraction of sp³-hybridized carbons (Fsp3) is 0.526. The molecule has 0 spiro atoms. The van der Waals surface area contributed by atoms with Crippen LogP contribution in [0.25, 0.3) is 10.8 Å². The molecular weight excluding hydrogens is 491 g/mol. The van der Waals surface area contributed by atoms with E-state index in [4.69, 9.17) is 14.1 Å². The number of guanidine groups is 1. The molecule has 0 aliphatic carbocycles. The van der Waals surface area contributed by atoms with Crippen molar-refractivity contribution in [1.82, 2.24) is 15.2 Å². The van der Waals surface area contributed by atoms with Crippen LogP contribution in [0.4, 0.5) is 0 Å². The Morgan fingerprint density at radius 1 is 1.50 bits per heavy atom. The minimum atomic E-state index is -0.116. The minimum Gasteiger partial charge on any atom is -0.466 e. The number of rotatable bonds is 6. The number of thiophene rings is 1. The van der Waals surface area contributed by atoms with Gasteiger partial charge in [0, 0.05) is 19.6 Å². The predicted molar refractivity (Wildman–Crippen MR) is 121 cm³/mol. The Bertz CT molecular complexity index is 763. The van der Waals surface area contributed by atoms with Crippen molar-refractivity contribution < 1.29 is 13.9 Å². The lowest BCUT2D eigenvalue weighted by Gasteiger charge is -2.33. The average Bonchev–Trinajstić information content (AvgIpc) is 3.37. The van der Waals surface area contributed by atoms with Crippen LogP contribution in [-0.2, 0) is 16.1 Å². The second-order valence-electron chi connectivity index (χ2n) is 6.33. The van der Waals surface area contributed by atoms with Crippen molar-refractivity contribution in [1.29, 1.82) is 0 Å². The molecule has 1 fully saturated rings. The van der Waals surface area contributed by atoms with Gasteiger partial charge >= 0.3 is 5.97 Å². The first kappa shape index (κ1) is 22.7. The number of esters is 1. The standard InChI is InChI=1S/C19H26N4O3S.HI/c1-3-20-19(23-9-5-7-14(12-23)18(24)25-4-2)21-11-15-13-26-17(22-15)16-8-6-10-27-16;/h6,8,10,13-14H,3-5,7,9,11-12H2,1-2H3,(H,20,21);1H. The molecule has 0 radical (unpaired) electrons. The Morgan fingerprint density at radius 3 is 3.07 bits per heavy atom. The zero-order valence-corrected chi connectivity index (χ0v) is 19.4. The molecule has 7 nitrogen and oxygen atoms in total. The first-order valence-electron chi connectivity index (χ1n) is 9.39. The van der Waals surface area contributed by atoms with Gasteiger partial charge in [-0.2, -0.15) is 0 Å². The second kappa shape index (κ2) is 11.4. The summed E-state index contributed by atoms with van der Waals surface area (Å²) in [5, 5.41) is 5.31. The van der Waals surface area contributed by atoms with E-state index in [1.54, 1.807) is 17.6 Å². The van der Waals surface area contributed by atoms with Crippen LogP contribution in [0.2, 0.25) is 0 Å². The smallest absolute Gasteiger partial charge is 0.310 e. The third-order valence-corrected chi connectivity index (χ3v) is 5.21. The Hall–Kier alpha value is -1.62. The molecule has 0 aromatic carbocycles. The Balaban J connectivity index is 0.00000280. The highest BCUT2D eigenvalue weighted by molar-refractivity contribution is 14.0. The monoisotopic (exact) mass is 518 g/mol. The average molecular weight is 518 g/mol. The minimum absolute atomic E-state index is 0. The van der Waals surface area contributed by atoms with Crippen LogP contribution in [0.15, 0.2) is 33.2 Å². The fourth-order valence-corrected chi connectivity index (χ4v) is 3.75. The number of carbonyl (C=O) groups is 1. The van der Waals surface area contributed by atoms with Gasteiger partial charge in [-0.1, -0.05) is 6.07 Å². The van der Waals surface area contributed by atoms with Gasteiger partial charge in [0.25, 0.3) is 0 Å². The molecule has 9 heteroatoms. The number of hydrogen-bond acceptors (Lipinski definition) is 6. The molecule has 3 rings (SSSR count). The molecule has 1 saturated heterocycles. The van der Waals surface area contributed by atoms with E-state index in [1.165, 1.54) is 0 Å². The quantitative estimate of drug-likeness (QED) is 0.272. The Kier molecular flexibility index (Phi) is 9.23. The highest BCUT2D eigenvalue weighted by Gasteiger charge is 2.28. The van der Waals surface area contributed by atoms with Crippen LogP contribution in [0.1, 0.15) is 32.4 Å². The van der Waals surface area contributed by atoms with Gasteiger partial charge in [-0.15, -0.1) is 35.3 Å². The molecule has 154 valence electrons. The summed E-state index contributed by atoms with van der Waals surface area (Å²) in [6.45, 7) is 6.99. The summed E-state index contributed by atoms with van der Waals surface area (Å²) in [6.07, 6.45) is 3.46. The van der Waals surface area contributed by atoms with Gasteiger partial charge in [0.15, 0.2) is 5.96 Å². The Morgan fingerprint density at radius 2 is 2.36 bits per heavy atom. The molecule has 1 aliphatic heterocycles. The molecule has 0 amide bonds. The van der Waals surface area contributed by atoms with Crippen LogP contribution in [0.3, 0.4) is 0 Å². The normalized spacial score (nSPS) is 17.1. The first-order chi connectivity index (χ1) is 13.2. The maximum absolute atomic E-state index is 12.1. The summed E-state index contributed by atoms with van der Waals surface area (Å²) in [7, 11) is 0. The number of carbonyl (C=O) groups excluding carboxylic acids is 1. The third kappa shape index (κ3) is 5.94. The highest BCUT2D eigenvalue weighted by Crippen LogP contribution is 2.24. The maximum atomic E-state index is 12.1. The lowest BCUT2D eigenvalue weighted by molar-refractivity contribution is -0.149. The lowest BCUT2D eigenvalue weighted by Crippen LogP contribution is -2.48. The zero-order chi connectivity index (χ0) is 19.1. The van der Waals surface area contributed by atoms with Crippen molar-refractivity contribution in [3.63, 3.8) is 0 Å². The third-order valence-electron chi connectivity index (χ3n) is 4.35. The SMILES string of the molecule is CCNC(=NCc1coc(-c2cccs2)n1)N1CCCC(C(=O)OCC)C1.I. The molecule has 0 saturated carbocycles. The molecule has 1 unspecified atom stereocenters. The fourth-order valence-electron chi connectivity index (χ4n) is 3.10. The summed E-state index contributed by atoms with van der Waals surface area (Å²) in [5.41, 5.74) is 0.785. The molecule has 1 aliphatic rings. The van der Waals surface area contributed by atoms with E-state index < -0.39 is 0 Å². The molecule has 28 heavy (non-hydrogen) atoms. The van der Waals surface area contributed by atoms with Crippen molar-refractivity contribution in [3.8, 4) is 10.8 Å². The van der Waals surface area contributed by atoms with E-state index in [2.05, 4.69) is 15.2 Å². The van der Waals surface area contributed by atoms with Crippen molar-refractivity contribution in [2.75, 3.05) is 26.2 Å². The van der Waals surface area contributed by atoms with Gasteiger partial charge < -0.3 is 19.4 Å². The first-order valence-corrected chi connectivity index (χ1v) is 10.3. The summed E-state index contributed by atoms with van der Waals surface area (Å²) in [6, 6.07) is 3.96. The number of halogens is 1. The van der Waals surface area contributed by atoms with Gasteiger partial charge in [-0.3, -0.25) is 4.79 Å². The van der Waals surface area contributed by atoms with Crippen LogP contribution in [0, 0.1) is 5.92 Å². The van der Waals surface area contributed by atoms with E-state index >= 15 is 0 Å². The van der Waals surface area contributed by atoms with Crippen LogP contribution >= 0.6 is 35.3 Å². The van der Waals surface area contributed by atoms with E-state index in [0.29, 0.717) is 25.6 Å². The molecule has 1 N–H and O–H groups in total. The molecule has 0 bridgehead atoms. The molecule has 3 heterocycles. The zero-order valence-electron chi connectivity index (χ0n) is 16.2. The van der Waals surface area contributed by atoms with E-state index in [1.807, 2.05) is 31.4 Å². The number of likely N-dealkylation sites (tertiary alicyclic amines) is 1. The number of piperidine rings is 1. The van der Waals surface area contributed by atoms with Gasteiger partial charge in [-0.05, 0) is 38.1 Å². The predicted octanol–water partition coefficient (Wildman–Crippen LogP) is 3.76. The number of nitrogens with zero attached hydrogens (tertiary/aromatic N) is 3. The summed E-state index contributed by atoms with van der Waals surface area (Å²) in [5.74, 6) is 1.21. The number of ether oxygens (including phenoxy) is 1. The molecule has 2 aromatic heterocycles. The molecular formula is C19H27IN4O3S. The number of aromatic nitrogens is 1. The van der Waals surface area contributed by atoms with Crippen molar-refractivity contribution in [3.05, 3.63) is 29.5 Å². The van der Waals surface area contributed by atoms with Crippen LogP contribution in [-0.4, -0.2) is 48.1 Å². The van der Waals surface area contributed by atoms with E-state index in [-0.39, 0.29) is 35.9 Å². The van der Waals surface area contributed by atoms with Crippen molar-refractivity contribution in [2.45, 2.75) is 33.2 Å². The number of oxazole rings is 1. The van der Waals surface area contributed by atoms with E-state index in [0.717, 1.165) is 42.5 Å². The van der Waals surface area contributed by atoms with E-state index in [9.17, 15) is 4.79 Å². The van der Waals surface area contributed by atoms with Gasteiger partial charge in [-0.25, -0.2) is 9.98 Å². The second-order valence-corrected chi connectivity index (χ2v) is 7.28. The molecule has 1 atom stereocenters. The van der Waals surface area contributed by atoms with Gasteiger partial charge in [0.05, 0.1) is 23.9 Å². The Labute approximate surface area is 186 Å². The van der Waals surface area contributed by atoms with Gasteiger partial charge in [0.1, 0.15) is 12.0 Å². The largest absolute Gasteiger partial charge is 0.466 e. The van der Waals surface area contributed by atoms with Gasteiger partial charge in [0.2, 0.25) is 5.89 Å². The maximum Gasteiger partial charge on any atom is 0.310 e. The highest BCUT2D eigenvalue weighted by atomic mass is 127. The van der Waals surface area contributed by atoms with Crippen LogP contribution in [0.5, 0.6) is 0 Å². The number of aliphatic imine (C=N–C) groups is 1. The molecule has 2 aromatic rings. The van der Waals surface area contributed by atoms with Crippen LogP contribution < -0.4 is 5.32 Å². The summed E-state index contributed by atoms with van der Waals surface area (Å²) >= 11 is 1.60. The number of nitrogens with one attached hydrogen (secondary N) is 1. The summed E-state index contributed by atoms with van der Waals surface area (Å²) in [4.78, 5) is 24.4. The lowest BCUT2D eigenvalue weighted by atomic mass is 9.98. The topological polar surface area (TPSA) is 80.0 Å². The van der Waals surface area contributed by atoms with Crippen molar-refractivity contribution >= 4 is 47.2 Å². The summed E-state index contributed by atoms with van der Waals surface area (Å²) < 4.78 is 10.7. The number of hydrogen-bond donors (Lipinski definition) is 1. The van der Waals surface area contributed by atoms with Crippen molar-refractivity contribution in [2.24, 2.45) is 10.9 Å².